The molecule has 1 aromatic carbocycles. The summed E-state index contributed by atoms with van der Waals surface area (Å²) in [6, 6.07) is 7.79. The lowest BCUT2D eigenvalue weighted by Crippen LogP contribution is -2.48. The van der Waals surface area contributed by atoms with Crippen molar-refractivity contribution >= 4 is 11.9 Å². The van der Waals surface area contributed by atoms with Crippen LogP contribution in [-0.2, 0) is 22.6 Å². The second-order valence-corrected chi connectivity index (χ2v) is 4.81. The summed E-state index contributed by atoms with van der Waals surface area (Å²) in [5.41, 5.74) is 2.41. The summed E-state index contributed by atoms with van der Waals surface area (Å²) in [5, 5.41) is 11.8. The number of carboxylic acid groups (broad SMARTS) is 1. The van der Waals surface area contributed by atoms with Gasteiger partial charge in [-0.2, -0.15) is 0 Å². The van der Waals surface area contributed by atoms with E-state index in [4.69, 9.17) is 5.11 Å². The van der Waals surface area contributed by atoms with Crippen LogP contribution in [0.25, 0.3) is 0 Å². The van der Waals surface area contributed by atoms with Crippen LogP contribution in [0.1, 0.15) is 17.5 Å². The van der Waals surface area contributed by atoms with Crippen LogP contribution in [-0.4, -0.2) is 41.5 Å². The highest BCUT2D eigenvalue weighted by Crippen LogP contribution is 2.17. The van der Waals surface area contributed by atoms with Crippen LogP contribution in [0.5, 0.6) is 0 Å². The molecule has 0 fully saturated rings. The maximum atomic E-state index is 12.2. The Kier molecular flexibility index (Phi) is 4.16. The number of hydrogen-bond acceptors (Lipinski definition) is 3. The number of nitrogens with zero attached hydrogens (tertiary/aromatic N) is 1. The van der Waals surface area contributed by atoms with E-state index in [2.05, 4.69) is 11.4 Å². The summed E-state index contributed by atoms with van der Waals surface area (Å²) in [6.45, 7) is 0.924. The molecule has 5 heteroatoms. The molecule has 0 radical (unpaired) electrons. The normalized spacial score (nSPS) is 17.6. The number of benzene rings is 1. The standard InChI is InChI=1S/C14H18N2O3/c1-16(7-6-13(17)18)14(19)12-8-10-4-2-3-5-11(10)9-15-12/h2-5,12,15H,6-9H2,1H3,(H,17,18)/t12-/m0/s1. The van der Waals surface area contributed by atoms with Gasteiger partial charge in [-0.1, -0.05) is 24.3 Å². The van der Waals surface area contributed by atoms with Crippen LogP contribution < -0.4 is 5.32 Å². The fourth-order valence-corrected chi connectivity index (χ4v) is 2.27. The third-order valence-electron chi connectivity index (χ3n) is 3.42. The molecule has 0 bridgehead atoms. The van der Waals surface area contributed by atoms with Gasteiger partial charge in [0.1, 0.15) is 0 Å². The van der Waals surface area contributed by atoms with Crippen LogP contribution in [0.3, 0.4) is 0 Å². The lowest BCUT2D eigenvalue weighted by atomic mass is 9.95. The SMILES string of the molecule is CN(CCC(=O)O)C(=O)[C@@H]1Cc2ccccc2CN1. The fraction of sp³-hybridized carbons (Fsp3) is 0.429. The molecule has 0 saturated heterocycles. The van der Waals surface area contributed by atoms with Gasteiger partial charge in [0.15, 0.2) is 0 Å². The quantitative estimate of drug-likeness (QED) is 0.835. The molecule has 19 heavy (non-hydrogen) atoms. The van der Waals surface area contributed by atoms with E-state index < -0.39 is 5.97 Å². The summed E-state index contributed by atoms with van der Waals surface area (Å²) in [4.78, 5) is 24.2. The summed E-state index contributed by atoms with van der Waals surface area (Å²) < 4.78 is 0. The zero-order chi connectivity index (χ0) is 13.8. The number of aliphatic carboxylic acids is 1. The first kappa shape index (κ1) is 13.5. The Morgan fingerprint density at radius 1 is 1.37 bits per heavy atom. The number of fused-ring (bicyclic) bond motifs is 1. The first-order valence-electron chi connectivity index (χ1n) is 6.35. The van der Waals surface area contributed by atoms with Gasteiger partial charge in [-0.05, 0) is 17.5 Å². The van der Waals surface area contributed by atoms with E-state index in [0.29, 0.717) is 13.0 Å². The van der Waals surface area contributed by atoms with Crippen LogP contribution in [0, 0.1) is 0 Å². The van der Waals surface area contributed by atoms with E-state index >= 15 is 0 Å². The smallest absolute Gasteiger partial charge is 0.305 e. The zero-order valence-electron chi connectivity index (χ0n) is 10.9. The second kappa shape index (κ2) is 5.84. The Labute approximate surface area is 112 Å². The fourth-order valence-electron chi connectivity index (χ4n) is 2.27. The van der Waals surface area contributed by atoms with Crippen molar-refractivity contribution in [3.05, 3.63) is 35.4 Å². The van der Waals surface area contributed by atoms with E-state index in [1.807, 2.05) is 18.2 Å². The molecule has 102 valence electrons. The molecule has 0 spiro atoms. The van der Waals surface area contributed by atoms with Gasteiger partial charge in [-0.25, -0.2) is 0 Å². The van der Waals surface area contributed by atoms with E-state index in [1.54, 1.807) is 7.05 Å². The highest BCUT2D eigenvalue weighted by molar-refractivity contribution is 5.82. The molecule has 0 saturated carbocycles. The van der Waals surface area contributed by atoms with Crippen LogP contribution in [0.4, 0.5) is 0 Å². The average Bonchev–Trinajstić information content (AvgIpc) is 2.43. The van der Waals surface area contributed by atoms with Crippen molar-refractivity contribution in [1.29, 1.82) is 0 Å². The molecule has 1 atom stereocenters. The molecule has 1 aromatic rings. The first-order valence-corrected chi connectivity index (χ1v) is 6.35. The maximum Gasteiger partial charge on any atom is 0.305 e. The van der Waals surface area contributed by atoms with Gasteiger partial charge in [-0.3, -0.25) is 9.59 Å². The summed E-state index contributed by atoms with van der Waals surface area (Å²) in [7, 11) is 1.65. The van der Waals surface area contributed by atoms with Crippen molar-refractivity contribution in [2.24, 2.45) is 0 Å². The largest absolute Gasteiger partial charge is 0.481 e. The monoisotopic (exact) mass is 262 g/mol. The number of carbonyl (C=O) groups excluding carboxylic acids is 1. The zero-order valence-corrected chi connectivity index (χ0v) is 10.9. The predicted octanol–water partition coefficient (Wildman–Crippen LogP) is 0.634. The van der Waals surface area contributed by atoms with Crippen LogP contribution in [0.15, 0.2) is 24.3 Å². The number of rotatable bonds is 4. The minimum Gasteiger partial charge on any atom is -0.481 e. The predicted molar refractivity (Wildman–Crippen MR) is 70.7 cm³/mol. The van der Waals surface area contributed by atoms with Gasteiger partial charge in [0, 0.05) is 20.1 Å². The Morgan fingerprint density at radius 3 is 2.74 bits per heavy atom. The molecule has 2 N–H and O–H groups in total. The van der Waals surface area contributed by atoms with Crippen molar-refractivity contribution in [1.82, 2.24) is 10.2 Å². The van der Waals surface area contributed by atoms with Crippen molar-refractivity contribution in [2.45, 2.75) is 25.4 Å². The molecule has 1 heterocycles. The van der Waals surface area contributed by atoms with Gasteiger partial charge in [0.05, 0.1) is 12.5 Å². The van der Waals surface area contributed by atoms with E-state index in [9.17, 15) is 9.59 Å². The summed E-state index contributed by atoms with van der Waals surface area (Å²) in [6.07, 6.45) is 0.637. The van der Waals surface area contributed by atoms with Gasteiger partial charge in [-0.15, -0.1) is 0 Å². The number of hydrogen-bond donors (Lipinski definition) is 2. The minimum absolute atomic E-state index is 0.0223. The van der Waals surface area contributed by atoms with E-state index in [0.717, 1.165) is 0 Å². The lowest BCUT2D eigenvalue weighted by Gasteiger charge is -2.28. The molecular formula is C14H18N2O3. The molecule has 0 unspecified atom stereocenters. The third kappa shape index (κ3) is 3.32. The number of carboxylic acids is 1. The molecule has 0 aromatic heterocycles. The van der Waals surface area contributed by atoms with E-state index in [-0.39, 0.29) is 24.9 Å². The van der Waals surface area contributed by atoms with Crippen molar-refractivity contribution < 1.29 is 14.7 Å². The Balaban J connectivity index is 1.96. The molecule has 0 aliphatic carbocycles. The highest BCUT2D eigenvalue weighted by Gasteiger charge is 2.26. The average molecular weight is 262 g/mol. The topological polar surface area (TPSA) is 69.6 Å². The Hall–Kier alpha value is -1.88. The second-order valence-electron chi connectivity index (χ2n) is 4.81. The van der Waals surface area contributed by atoms with Gasteiger partial charge >= 0.3 is 5.97 Å². The third-order valence-corrected chi connectivity index (χ3v) is 3.42. The Morgan fingerprint density at radius 2 is 2.05 bits per heavy atom. The van der Waals surface area contributed by atoms with Gasteiger partial charge < -0.3 is 15.3 Å². The molecular weight excluding hydrogens is 244 g/mol. The maximum absolute atomic E-state index is 12.2. The lowest BCUT2D eigenvalue weighted by molar-refractivity contribution is -0.138. The van der Waals surface area contributed by atoms with Crippen molar-refractivity contribution in [3.63, 3.8) is 0 Å². The van der Waals surface area contributed by atoms with E-state index in [1.165, 1.54) is 16.0 Å². The number of carbonyl (C=O) groups is 2. The molecule has 1 amide bonds. The Bertz CT molecular complexity index is 487. The van der Waals surface area contributed by atoms with Crippen LogP contribution in [0.2, 0.25) is 0 Å². The number of amides is 1. The number of likely N-dealkylation sites (N-methyl/N-ethyl adjacent to an activating group) is 1. The molecule has 5 nitrogen and oxygen atoms in total. The summed E-state index contributed by atoms with van der Waals surface area (Å²) >= 11 is 0. The molecule has 1 aliphatic heterocycles. The van der Waals surface area contributed by atoms with Crippen molar-refractivity contribution in [3.8, 4) is 0 Å². The van der Waals surface area contributed by atoms with Crippen LogP contribution >= 0.6 is 0 Å². The highest BCUT2D eigenvalue weighted by atomic mass is 16.4. The summed E-state index contributed by atoms with van der Waals surface area (Å²) in [5.74, 6) is -0.933. The van der Waals surface area contributed by atoms with Crippen molar-refractivity contribution in [2.75, 3.05) is 13.6 Å². The van der Waals surface area contributed by atoms with Gasteiger partial charge in [0.2, 0.25) is 5.91 Å². The van der Waals surface area contributed by atoms with Gasteiger partial charge in [0.25, 0.3) is 0 Å². The minimum atomic E-state index is -0.887. The molecule has 1 aliphatic rings. The number of nitrogens with one attached hydrogen (secondary N) is 1. The molecule has 2 rings (SSSR count). The first-order chi connectivity index (χ1) is 9.08.